The maximum absolute atomic E-state index is 11.8. The molecule has 7 heteroatoms. The Morgan fingerprint density at radius 2 is 2.05 bits per heavy atom. The van der Waals surface area contributed by atoms with Crippen LogP contribution in [0, 0.1) is 0 Å². The van der Waals surface area contributed by atoms with Crippen LogP contribution in [0.3, 0.4) is 0 Å². The highest BCUT2D eigenvalue weighted by Gasteiger charge is 2.12. The quantitative estimate of drug-likeness (QED) is 0.791. The smallest absolute Gasteiger partial charge is 0.337 e. The minimum absolute atomic E-state index is 0.0196. The number of nitrogens with one attached hydrogen (secondary N) is 2. The number of urea groups is 1. The highest BCUT2D eigenvalue weighted by molar-refractivity contribution is 9.10. The predicted octanol–water partition coefficient (Wildman–Crippen LogP) is 2.86. The lowest BCUT2D eigenvalue weighted by atomic mass is 10.2. The molecule has 0 aliphatic heterocycles. The molecule has 0 atom stereocenters. The zero-order chi connectivity index (χ0) is 15.2. The fraction of sp³-hybridized carbons (Fsp3) is 0.0714. The van der Waals surface area contributed by atoms with Gasteiger partial charge in [-0.05, 0) is 30.3 Å². The van der Waals surface area contributed by atoms with Gasteiger partial charge in [-0.1, -0.05) is 22.0 Å². The number of carboxylic acid groups (broad SMARTS) is 1. The van der Waals surface area contributed by atoms with Crippen LogP contribution in [0.4, 0.5) is 10.5 Å². The third-order valence-corrected chi connectivity index (χ3v) is 3.11. The topological polar surface area (TPSA) is 91.3 Å². The second-order valence-corrected chi connectivity index (χ2v) is 5.04. The first-order chi connectivity index (χ1) is 10.1. The van der Waals surface area contributed by atoms with Gasteiger partial charge in [0.25, 0.3) is 0 Å². The average Bonchev–Trinajstić information content (AvgIpc) is 2.46. The van der Waals surface area contributed by atoms with E-state index in [0.717, 1.165) is 0 Å². The number of aromatic carboxylic acids is 1. The summed E-state index contributed by atoms with van der Waals surface area (Å²) < 4.78 is 0.674. The van der Waals surface area contributed by atoms with Crippen LogP contribution in [0.1, 0.15) is 16.1 Å². The van der Waals surface area contributed by atoms with E-state index in [1.165, 1.54) is 12.1 Å². The number of aromatic nitrogens is 1. The molecule has 2 aromatic rings. The molecule has 6 nitrogen and oxygen atoms in total. The SMILES string of the molecule is O=C(NCc1ccccn1)Nc1cc(Br)ccc1C(=O)O. The zero-order valence-electron chi connectivity index (χ0n) is 10.8. The second kappa shape index (κ2) is 6.85. The highest BCUT2D eigenvalue weighted by atomic mass is 79.9. The molecule has 1 aromatic carbocycles. The number of hydrogen-bond acceptors (Lipinski definition) is 3. The molecular formula is C14H12BrN3O3. The van der Waals surface area contributed by atoms with Gasteiger partial charge in [-0.15, -0.1) is 0 Å². The molecule has 108 valence electrons. The predicted molar refractivity (Wildman–Crippen MR) is 81.2 cm³/mol. The van der Waals surface area contributed by atoms with Crippen molar-refractivity contribution in [3.05, 3.63) is 58.3 Å². The van der Waals surface area contributed by atoms with Crippen molar-refractivity contribution in [3.8, 4) is 0 Å². The summed E-state index contributed by atoms with van der Waals surface area (Å²) in [6.45, 7) is 0.253. The Balaban J connectivity index is 2.02. The van der Waals surface area contributed by atoms with E-state index in [0.29, 0.717) is 10.2 Å². The number of rotatable bonds is 4. The molecule has 1 heterocycles. The Labute approximate surface area is 129 Å². The highest BCUT2D eigenvalue weighted by Crippen LogP contribution is 2.21. The van der Waals surface area contributed by atoms with Crippen LogP contribution in [0.25, 0.3) is 0 Å². The van der Waals surface area contributed by atoms with E-state index in [4.69, 9.17) is 5.11 Å². The maximum atomic E-state index is 11.8. The maximum Gasteiger partial charge on any atom is 0.337 e. The summed E-state index contributed by atoms with van der Waals surface area (Å²) in [5.74, 6) is -1.11. The van der Waals surface area contributed by atoms with E-state index in [2.05, 4.69) is 31.5 Å². The minimum Gasteiger partial charge on any atom is -0.478 e. The molecule has 0 saturated heterocycles. The van der Waals surface area contributed by atoms with Gasteiger partial charge in [0.2, 0.25) is 0 Å². The molecule has 0 saturated carbocycles. The number of hydrogen-bond donors (Lipinski definition) is 3. The lowest BCUT2D eigenvalue weighted by Crippen LogP contribution is -2.29. The molecule has 0 fully saturated rings. The average molecular weight is 350 g/mol. The van der Waals surface area contributed by atoms with Crippen molar-refractivity contribution in [1.82, 2.24) is 10.3 Å². The Morgan fingerprint density at radius 3 is 2.71 bits per heavy atom. The monoisotopic (exact) mass is 349 g/mol. The summed E-state index contributed by atoms with van der Waals surface area (Å²) in [6.07, 6.45) is 1.63. The fourth-order valence-electron chi connectivity index (χ4n) is 1.65. The first-order valence-corrected chi connectivity index (χ1v) is 6.83. The Bertz CT molecular complexity index is 662. The van der Waals surface area contributed by atoms with Gasteiger partial charge in [0.1, 0.15) is 0 Å². The minimum atomic E-state index is -1.11. The van der Waals surface area contributed by atoms with Crippen molar-refractivity contribution >= 4 is 33.6 Å². The van der Waals surface area contributed by atoms with Crippen LogP contribution in [-0.2, 0) is 6.54 Å². The van der Waals surface area contributed by atoms with Crippen molar-refractivity contribution in [2.24, 2.45) is 0 Å². The molecule has 0 spiro atoms. The zero-order valence-corrected chi connectivity index (χ0v) is 12.4. The van der Waals surface area contributed by atoms with Crippen molar-refractivity contribution < 1.29 is 14.7 Å². The lowest BCUT2D eigenvalue weighted by molar-refractivity contribution is 0.0698. The molecule has 0 aliphatic carbocycles. The van der Waals surface area contributed by atoms with E-state index in [1.54, 1.807) is 24.4 Å². The van der Waals surface area contributed by atoms with E-state index in [9.17, 15) is 9.59 Å². The Kier molecular flexibility index (Phi) is 4.89. The van der Waals surface area contributed by atoms with Gasteiger partial charge in [-0.2, -0.15) is 0 Å². The molecule has 0 bridgehead atoms. The molecule has 2 rings (SSSR count). The number of pyridine rings is 1. The number of benzene rings is 1. The van der Waals surface area contributed by atoms with Crippen LogP contribution >= 0.6 is 15.9 Å². The van der Waals surface area contributed by atoms with Crippen LogP contribution in [-0.4, -0.2) is 22.1 Å². The Hall–Kier alpha value is -2.41. The number of nitrogens with zero attached hydrogens (tertiary/aromatic N) is 1. The standard InChI is InChI=1S/C14H12BrN3O3/c15-9-4-5-11(13(19)20)12(7-9)18-14(21)17-8-10-3-1-2-6-16-10/h1-7H,8H2,(H,19,20)(H2,17,18,21). The molecule has 0 radical (unpaired) electrons. The molecule has 1 aromatic heterocycles. The number of carboxylic acids is 1. The number of halogens is 1. The van der Waals surface area contributed by atoms with Gasteiger partial charge in [-0.3, -0.25) is 4.98 Å². The summed E-state index contributed by atoms with van der Waals surface area (Å²) in [5, 5.41) is 14.2. The fourth-order valence-corrected chi connectivity index (χ4v) is 2.01. The van der Waals surface area contributed by atoms with Gasteiger partial charge in [0, 0.05) is 10.7 Å². The van der Waals surface area contributed by atoms with Gasteiger partial charge in [0.05, 0.1) is 23.5 Å². The summed E-state index contributed by atoms with van der Waals surface area (Å²) >= 11 is 3.24. The van der Waals surface area contributed by atoms with Crippen LogP contribution in [0.5, 0.6) is 0 Å². The van der Waals surface area contributed by atoms with E-state index >= 15 is 0 Å². The summed E-state index contributed by atoms with van der Waals surface area (Å²) in [4.78, 5) is 27.0. The lowest BCUT2D eigenvalue weighted by Gasteiger charge is -2.10. The first-order valence-electron chi connectivity index (χ1n) is 6.04. The molecule has 2 amide bonds. The van der Waals surface area contributed by atoms with Gasteiger partial charge in [-0.25, -0.2) is 9.59 Å². The first kappa shape index (κ1) is 15.0. The van der Waals surface area contributed by atoms with Crippen LogP contribution in [0.15, 0.2) is 47.1 Å². The molecule has 3 N–H and O–H groups in total. The van der Waals surface area contributed by atoms with Crippen LogP contribution in [0.2, 0.25) is 0 Å². The van der Waals surface area contributed by atoms with E-state index in [1.807, 2.05) is 6.07 Å². The number of carbonyl (C=O) groups is 2. The van der Waals surface area contributed by atoms with Gasteiger partial charge >= 0.3 is 12.0 Å². The van der Waals surface area contributed by atoms with Crippen molar-refractivity contribution in [2.45, 2.75) is 6.54 Å². The van der Waals surface area contributed by atoms with Crippen molar-refractivity contribution in [3.63, 3.8) is 0 Å². The number of anilines is 1. The largest absolute Gasteiger partial charge is 0.478 e. The third-order valence-electron chi connectivity index (χ3n) is 2.62. The van der Waals surface area contributed by atoms with Crippen LogP contribution < -0.4 is 10.6 Å². The van der Waals surface area contributed by atoms with E-state index in [-0.39, 0.29) is 17.8 Å². The van der Waals surface area contributed by atoms with Gasteiger partial charge < -0.3 is 15.7 Å². The molecule has 0 aliphatic rings. The summed E-state index contributed by atoms with van der Waals surface area (Å²) in [7, 11) is 0. The molecule has 21 heavy (non-hydrogen) atoms. The summed E-state index contributed by atoms with van der Waals surface area (Å²) in [6, 6.07) is 9.43. The van der Waals surface area contributed by atoms with E-state index < -0.39 is 12.0 Å². The number of carbonyl (C=O) groups excluding carboxylic acids is 1. The van der Waals surface area contributed by atoms with Crippen molar-refractivity contribution in [2.75, 3.05) is 5.32 Å². The summed E-state index contributed by atoms with van der Waals surface area (Å²) in [5.41, 5.74) is 0.946. The Morgan fingerprint density at radius 1 is 1.24 bits per heavy atom. The second-order valence-electron chi connectivity index (χ2n) is 4.12. The molecule has 0 unspecified atom stereocenters. The van der Waals surface area contributed by atoms with Crippen molar-refractivity contribution in [1.29, 1.82) is 0 Å². The third kappa shape index (κ3) is 4.28. The normalized spacial score (nSPS) is 9.95. The molecular weight excluding hydrogens is 338 g/mol. The van der Waals surface area contributed by atoms with Gasteiger partial charge in [0.15, 0.2) is 0 Å². The number of amides is 2.